The van der Waals surface area contributed by atoms with Crippen LogP contribution in [0.4, 0.5) is 0 Å². The first-order chi connectivity index (χ1) is 7.20. The van der Waals surface area contributed by atoms with Crippen molar-refractivity contribution in [2.45, 2.75) is 6.92 Å². The van der Waals surface area contributed by atoms with E-state index in [0.29, 0.717) is 10.0 Å². The summed E-state index contributed by atoms with van der Waals surface area (Å²) in [5.74, 6) is 0. The fourth-order valence-corrected chi connectivity index (χ4v) is 2.13. The van der Waals surface area contributed by atoms with E-state index in [1.165, 1.54) is 11.3 Å². The predicted octanol–water partition coefficient (Wildman–Crippen LogP) is 3.58. The van der Waals surface area contributed by atoms with Gasteiger partial charge in [0.25, 0.3) is 0 Å². The van der Waals surface area contributed by atoms with E-state index in [9.17, 15) is 4.79 Å². The number of carbonyl (C=O) groups excluding carboxylic acids is 1. The molecule has 76 valence electrons. The first-order valence-corrected chi connectivity index (χ1v) is 5.63. The van der Waals surface area contributed by atoms with Crippen molar-refractivity contribution >= 4 is 29.2 Å². The number of carbonyl (C=O) groups is 1. The summed E-state index contributed by atoms with van der Waals surface area (Å²) in [7, 11) is 0. The maximum Gasteiger partial charge on any atom is 0.178 e. The third kappa shape index (κ3) is 2.08. The summed E-state index contributed by atoms with van der Waals surface area (Å²) < 4.78 is 0. The van der Waals surface area contributed by atoms with Gasteiger partial charge in [-0.3, -0.25) is 4.79 Å². The lowest BCUT2D eigenvalue weighted by Gasteiger charge is -2.02. The Bertz CT molecular complexity index is 507. The number of benzene rings is 1. The molecule has 0 aliphatic rings. The third-order valence-corrected chi connectivity index (χ3v) is 3.10. The maximum absolute atomic E-state index is 10.5. The molecule has 0 radical (unpaired) electrons. The van der Waals surface area contributed by atoms with Crippen LogP contribution in [0.25, 0.3) is 11.3 Å². The number of aryl methyl sites for hydroxylation is 1. The minimum absolute atomic E-state index is 0.490. The monoisotopic (exact) mass is 237 g/mol. The van der Waals surface area contributed by atoms with Gasteiger partial charge in [-0.25, -0.2) is 4.98 Å². The minimum atomic E-state index is 0.490. The summed E-state index contributed by atoms with van der Waals surface area (Å²) in [5.41, 5.74) is 2.89. The zero-order valence-corrected chi connectivity index (χ0v) is 9.60. The van der Waals surface area contributed by atoms with E-state index >= 15 is 0 Å². The highest BCUT2D eigenvalue weighted by atomic mass is 35.5. The van der Waals surface area contributed by atoms with Gasteiger partial charge in [0.15, 0.2) is 11.3 Å². The minimum Gasteiger partial charge on any atom is -0.295 e. The zero-order chi connectivity index (χ0) is 10.8. The molecule has 0 N–H and O–H groups in total. The van der Waals surface area contributed by atoms with Crippen molar-refractivity contribution < 1.29 is 4.79 Å². The molecule has 2 rings (SSSR count). The van der Waals surface area contributed by atoms with Crippen molar-refractivity contribution in [3.63, 3.8) is 0 Å². The molecule has 0 aliphatic carbocycles. The second kappa shape index (κ2) is 4.13. The van der Waals surface area contributed by atoms with E-state index in [1.54, 1.807) is 0 Å². The quantitative estimate of drug-likeness (QED) is 0.748. The van der Waals surface area contributed by atoms with E-state index in [1.807, 2.05) is 30.5 Å². The molecule has 4 heteroatoms. The van der Waals surface area contributed by atoms with E-state index in [-0.39, 0.29) is 0 Å². The summed E-state index contributed by atoms with van der Waals surface area (Å²) in [6.07, 6.45) is 0.758. The van der Waals surface area contributed by atoms with Gasteiger partial charge in [-0.2, -0.15) is 0 Å². The van der Waals surface area contributed by atoms with Crippen LogP contribution in [0.5, 0.6) is 0 Å². The number of hydrogen-bond donors (Lipinski definition) is 0. The van der Waals surface area contributed by atoms with Crippen LogP contribution in [-0.4, -0.2) is 11.3 Å². The number of thiazole rings is 1. The Labute approximate surface area is 96.5 Å². The van der Waals surface area contributed by atoms with E-state index in [0.717, 1.165) is 23.1 Å². The lowest BCUT2D eigenvalue weighted by Crippen LogP contribution is -1.84. The first-order valence-electron chi connectivity index (χ1n) is 4.38. The molecule has 1 aromatic carbocycles. The van der Waals surface area contributed by atoms with Crippen LogP contribution in [-0.2, 0) is 0 Å². The van der Waals surface area contributed by atoms with Crippen LogP contribution in [0, 0.1) is 6.92 Å². The molecule has 15 heavy (non-hydrogen) atoms. The number of aldehydes is 1. The first kappa shape index (κ1) is 10.3. The molecule has 0 spiro atoms. The molecule has 2 nitrogen and oxygen atoms in total. The highest BCUT2D eigenvalue weighted by molar-refractivity contribution is 7.11. The SMILES string of the molecule is Cc1ccc(Cl)cc1-c1csc(C=O)n1. The van der Waals surface area contributed by atoms with Crippen LogP contribution in [0.15, 0.2) is 23.6 Å². The fourth-order valence-electron chi connectivity index (χ4n) is 1.34. The summed E-state index contributed by atoms with van der Waals surface area (Å²) >= 11 is 7.25. The average Bonchev–Trinajstić information content (AvgIpc) is 2.70. The molecular weight excluding hydrogens is 230 g/mol. The number of hydrogen-bond acceptors (Lipinski definition) is 3. The highest BCUT2D eigenvalue weighted by Crippen LogP contribution is 2.27. The lowest BCUT2D eigenvalue weighted by atomic mass is 10.1. The summed E-state index contributed by atoms with van der Waals surface area (Å²) in [6.45, 7) is 1.99. The van der Waals surface area contributed by atoms with E-state index < -0.39 is 0 Å². The van der Waals surface area contributed by atoms with Crippen molar-refractivity contribution in [1.82, 2.24) is 4.98 Å². The maximum atomic E-state index is 10.5. The van der Waals surface area contributed by atoms with Crippen molar-refractivity contribution in [2.75, 3.05) is 0 Å². The van der Waals surface area contributed by atoms with Crippen LogP contribution >= 0.6 is 22.9 Å². The zero-order valence-electron chi connectivity index (χ0n) is 8.03. The topological polar surface area (TPSA) is 30.0 Å². The van der Waals surface area contributed by atoms with E-state index in [2.05, 4.69) is 4.98 Å². The summed E-state index contributed by atoms with van der Waals surface area (Å²) in [5, 5.41) is 3.03. The summed E-state index contributed by atoms with van der Waals surface area (Å²) in [4.78, 5) is 14.7. The average molecular weight is 238 g/mol. The Balaban J connectivity index is 2.52. The second-order valence-corrected chi connectivity index (χ2v) is 4.47. The molecule has 0 amide bonds. The van der Waals surface area contributed by atoms with Gasteiger partial charge in [-0.1, -0.05) is 17.7 Å². The molecule has 0 fully saturated rings. The number of nitrogens with zero attached hydrogens (tertiary/aromatic N) is 1. The van der Waals surface area contributed by atoms with Gasteiger partial charge < -0.3 is 0 Å². The molecule has 0 unspecified atom stereocenters. The van der Waals surface area contributed by atoms with Crippen LogP contribution in [0.3, 0.4) is 0 Å². The van der Waals surface area contributed by atoms with Gasteiger partial charge in [0.1, 0.15) is 0 Å². The number of aromatic nitrogens is 1. The van der Waals surface area contributed by atoms with Crippen LogP contribution < -0.4 is 0 Å². The second-order valence-electron chi connectivity index (χ2n) is 3.15. The van der Waals surface area contributed by atoms with E-state index in [4.69, 9.17) is 11.6 Å². The van der Waals surface area contributed by atoms with Gasteiger partial charge in [-0.05, 0) is 24.6 Å². The van der Waals surface area contributed by atoms with Crippen molar-refractivity contribution in [3.05, 3.63) is 39.2 Å². The smallest absolute Gasteiger partial charge is 0.178 e. The van der Waals surface area contributed by atoms with Crippen LogP contribution in [0.2, 0.25) is 5.02 Å². The third-order valence-electron chi connectivity index (χ3n) is 2.10. The predicted molar refractivity (Wildman–Crippen MR) is 62.7 cm³/mol. The van der Waals surface area contributed by atoms with Crippen molar-refractivity contribution in [1.29, 1.82) is 0 Å². The normalized spacial score (nSPS) is 10.3. The van der Waals surface area contributed by atoms with Gasteiger partial charge in [0.2, 0.25) is 0 Å². The summed E-state index contributed by atoms with van der Waals surface area (Å²) in [6, 6.07) is 5.64. The Kier molecular flexibility index (Phi) is 2.84. The Morgan fingerprint density at radius 2 is 2.27 bits per heavy atom. The Hall–Kier alpha value is -1.19. The van der Waals surface area contributed by atoms with Crippen molar-refractivity contribution in [2.24, 2.45) is 0 Å². The number of halogens is 1. The molecule has 0 aliphatic heterocycles. The van der Waals surface area contributed by atoms with Crippen molar-refractivity contribution in [3.8, 4) is 11.3 Å². The molecule has 0 saturated carbocycles. The molecule has 0 atom stereocenters. The van der Waals surface area contributed by atoms with Gasteiger partial charge in [0, 0.05) is 16.0 Å². The molecule has 1 aromatic heterocycles. The van der Waals surface area contributed by atoms with Gasteiger partial charge in [0.05, 0.1) is 5.69 Å². The molecule has 1 heterocycles. The molecule has 0 saturated heterocycles. The fraction of sp³-hybridized carbons (Fsp3) is 0.0909. The standard InChI is InChI=1S/C11H8ClNOS/c1-7-2-3-8(12)4-9(7)10-6-15-11(5-14)13-10/h2-6H,1H3. The Morgan fingerprint density at radius 3 is 2.93 bits per heavy atom. The largest absolute Gasteiger partial charge is 0.295 e. The molecule has 2 aromatic rings. The van der Waals surface area contributed by atoms with Gasteiger partial charge in [-0.15, -0.1) is 11.3 Å². The van der Waals surface area contributed by atoms with Gasteiger partial charge >= 0.3 is 0 Å². The highest BCUT2D eigenvalue weighted by Gasteiger charge is 2.07. The lowest BCUT2D eigenvalue weighted by molar-refractivity contribution is 0.112. The Morgan fingerprint density at radius 1 is 1.47 bits per heavy atom. The van der Waals surface area contributed by atoms with Crippen LogP contribution in [0.1, 0.15) is 15.4 Å². The molecular formula is C11H8ClNOS. The number of rotatable bonds is 2. The molecule has 0 bridgehead atoms.